The number of nitrogens with zero attached hydrogens (tertiary/aromatic N) is 3. The molecule has 0 aliphatic carbocycles. The SMILES string of the molecule is [2H]C1([2H])/C=C/C([2H])([2H])OC([2H])([2H])c2cc(ccc2OCCN2CC([2H])([2H])C([2H])([2H])C2)Nc2nccc(n2)-c2cccc(c2)CO1. The Balaban J connectivity index is 1.48. The van der Waals surface area contributed by atoms with Gasteiger partial charge in [-0.05, 0) is 61.7 Å². The van der Waals surface area contributed by atoms with Crippen LogP contribution in [0.4, 0.5) is 11.6 Å². The fourth-order valence-electron chi connectivity index (χ4n) is 3.54. The average Bonchev–Trinajstić information content (AvgIpc) is 3.16. The van der Waals surface area contributed by atoms with Gasteiger partial charge < -0.3 is 19.5 Å². The fraction of sp³-hybridized carbons (Fsp3) is 0.357. The van der Waals surface area contributed by atoms with Crippen molar-refractivity contribution in [1.29, 1.82) is 0 Å². The average molecular weight is 483 g/mol. The van der Waals surface area contributed by atoms with Gasteiger partial charge in [-0.15, -0.1) is 0 Å². The zero-order valence-electron chi connectivity index (χ0n) is 29.0. The van der Waals surface area contributed by atoms with Crippen LogP contribution < -0.4 is 10.1 Å². The minimum atomic E-state index is -2.80. The van der Waals surface area contributed by atoms with Gasteiger partial charge in [0.05, 0.1) is 40.2 Å². The molecular formula is C28H32N4O3. The molecule has 2 aliphatic rings. The van der Waals surface area contributed by atoms with E-state index in [2.05, 4.69) is 15.3 Å². The van der Waals surface area contributed by atoms with Gasteiger partial charge in [-0.1, -0.05) is 30.4 Å². The Morgan fingerprint density at radius 3 is 2.83 bits per heavy atom. The molecule has 182 valence electrons. The van der Waals surface area contributed by atoms with Crippen molar-refractivity contribution < 1.29 is 27.9 Å². The minimum absolute atomic E-state index is 0.00935. The van der Waals surface area contributed by atoms with Crippen molar-refractivity contribution in [2.45, 2.75) is 25.9 Å². The van der Waals surface area contributed by atoms with Gasteiger partial charge in [0, 0.05) is 35.0 Å². The van der Waals surface area contributed by atoms with E-state index in [1.165, 1.54) is 12.1 Å². The second-order valence-corrected chi connectivity index (χ2v) is 7.78. The Kier molecular flexibility index (Phi) is 4.89. The van der Waals surface area contributed by atoms with E-state index >= 15 is 0 Å². The van der Waals surface area contributed by atoms with Gasteiger partial charge in [-0.3, -0.25) is 4.90 Å². The topological polar surface area (TPSA) is 68.7 Å². The summed E-state index contributed by atoms with van der Waals surface area (Å²) in [6.45, 7) is -8.28. The van der Waals surface area contributed by atoms with E-state index in [1.807, 2.05) is 6.07 Å². The molecular weight excluding hydrogens is 440 g/mol. The van der Waals surface area contributed by atoms with Crippen molar-refractivity contribution in [3.05, 3.63) is 78.0 Å². The molecule has 0 saturated carbocycles. The number of benzene rings is 2. The van der Waals surface area contributed by atoms with Gasteiger partial charge in [0.15, 0.2) is 0 Å². The van der Waals surface area contributed by atoms with E-state index in [0.29, 0.717) is 16.9 Å². The number of ether oxygens (including phenoxy) is 3. The van der Waals surface area contributed by atoms with Crippen LogP contribution in [0.5, 0.6) is 5.75 Å². The summed E-state index contributed by atoms with van der Waals surface area (Å²) in [5.41, 5.74) is 2.10. The van der Waals surface area contributed by atoms with Crippen LogP contribution in [0.3, 0.4) is 0 Å². The summed E-state index contributed by atoms with van der Waals surface area (Å²) in [6, 6.07) is 13.3. The van der Waals surface area contributed by atoms with Crippen molar-refractivity contribution in [2.24, 2.45) is 0 Å². The van der Waals surface area contributed by atoms with Crippen LogP contribution >= 0.6 is 0 Å². The summed E-state index contributed by atoms with van der Waals surface area (Å²) in [7, 11) is 0. The Bertz CT molecular complexity index is 1560. The van der Waals surface area contributed by atoms with Gasteiger partial charge in [0.25, 0.3) is 0 Å². The lowest BCUT2D eigenvalue weighted by atomic mass is 10.1. The third kappa shape index (κ3) is 6.66. The largest absolute Gasteiger partial charge is 0.492 e. The van der Waals surface area contributed by atoms with Gasteiger partial charge >= 0.3 is 0 Å². The highest BCUT2D eigenvalue weighted by Gasteiger charge is 2.13. The van der Waals surface area contributed by atoms with Gasteiger partial charge in [-0.2, -0.15) is 0 Å². The molecule has 5 rings (SSSR count). The van der Waals surface area contributed by atoms with Gasteiger partial charge in [0.2, 0.25) is 5.95 Å². The smallest absolute Gasteiger partial charge is 0.227 e. The third-order valence-corrected chi connectivity index (χ3v) is 5.27. The first-order chi connectivity index (χ1) is 20.9. The molecule has 7 heteroatoms. The Morgan fingerprint density at radius 2 is 1.91 bits per heavy atom. The highest BCUT2D eigenvalue weighted by molar-refractivity contribution is 5.63. The molecule has 1 saturated heterocycles. The van der Waals surface area contributed by atoms with Crippen molar-refractivity contribution in [3.63, 3.8) is 0 Å². The normalized spacial score (nSPS) is 29.1. The van der Waals surface area contributed by atoms with E-state index in [9.17, 15) is 0 Å². The first-order valence-corrected chi connectivity index (χ1v) is 11.2. The minimum Gasteiger partial charge on any atom is -0.492 e. The van der Waals surface area contributed by atoms with Crippen LogP contribution in [0.1, 0.15) is 37.6 Å². The van der Waals surface area contributed by atoms with Crippen LogP contribution in [-0.4, -0.2) is 54.2 Å². The van der Waals surface area contributed by atoms with E-state index in [-0.39, 0.29) is 50.1 Å². The molecule has 2 aromatic carbocycles. The second kappa shape index (κ2) is 11.9. The number of hydrogen-bond donors (Lipinski definition) is 1. The van der Waals surface area contributed by atoms with Crippen LogP contribution in [-0.2, 0) is 22.6 Å². The molecule has 1 N–H and O–H groups in total. The number of fused-ring (bicyclic) bond motifs is 7. The lowest BCUT2D eigenvalue weighted by molar-refractivity contribution is 0.138. The lowest BCUT2D eigenvalue weighted by Crippen LogP contribution is -2.25. The number of likely N-dealkylation sites (tertiary alicyclic amines) is 1. The zero-order valence-corrected chi connectivity index (χ0v) is 19.0. The van der Waals surface area contributed by atoms with Crippen LogP contribution in [0, 0.1) is 0 Å². The van der Waals surface area contributed by atoms with E-state index in [0.717, 1.165) is 17.7 Å². The summed E-state index contributed by atoms with van der Waals surface area (Å²) in [5.74, 6) is 0.207. The quantitative estimate of drug-likeness (QED) is 0.527. The third-order valence-electron chi connectivity index (χ3n) is 5.27. The zero-order chi connectivity index (χ0) is 32.7. The molecule has 1 aromatic heterocycles. The molecule has 35 heavy (non-hydrogen) atoms. The Labute approximate surface area is 220 Å². The molecule has 0 atom stereocenters. The number of nitrogens with one attached hydrogen (secondary N) is 1. The standard InChI is InChI=1S/C28H32N4O3/c1-2-13-32(12-1)14-17-35-27-9-8-25-19-24(27)21-34-16-4-3-15-33-20-22-6-5-7-23(18-22)26-10-11-29-28(30-25)31-26/h3-11,18-19H,1-2,12-17,20-21H2,(H,29,30,31)/b4-3+/i1D2,2D2,15D2,16D2,21D2. The molecule has 2 aliphatic heterocycles. The van der Waals surface area contributed by atoms with Gasteiger partial charge in [0.1, 0.15) is 12.4 Å². The predicted octanol–water partition coefficient (Wildman–Crippen LogP) is 4.96. The van der Waals surface area contributed by atoms with Gasteiger partial charge in [-0.25, -0.2) is 9.97 Å². The van der Waals surface area contributed by atoms with Crippen molar-refractivity contribution in [3.8, 4) is 17.0 Å². The molecule has 3 aromatic rings. The molecule has 7 nitrogen and oxygen atoms in total. The number of rotatable bonds is 4. The first-order valence-electron chi connectivity index (χ1n) is 16.2. The predicted molar refractivity (Wildman–Crippen MR) is 137 cm³/mol. The first kappa shape index (κ1) is 14.3. The maximum absolute atomic E-state index is 8.69. The summed E-state index contributed by atoms with van der Waals surface area (Å²) in [6.07, 6.45) is -0.931. The monoisotopic (exact) mass is 482 g/mol. The van der Waals surface area contributed by atoms with E-state index in [1.54, 1.807) is 41.4 Å². The Hall–Kier alpha value is -3.26. The highest BCUT2D eigenvalue weighted by Crippen LogP contribution is 2.26. The molecule has 0 amide bonds. The molecule has 0 radical (unpaired) electrons. The summed E-state index contributed by atoms with van der Waals surface area (Å²) in [5, 5.41) is 3.04. The summed E-state index contributed by atoms with van der Waals surface area (Å²) < 4.78 is 98.6. The fourth-order valence-corrected chi connectivity index (χ4v) is 3.54. The molecule has 3 heterocycles. The van der Waals surface area contributed by atoms with Crippen molar-refractivity contribution in [2.75, 3.05) is 44.7 Å². The van der Waals surface area contributed by atoms with Crippen LogP contribution in [0.25, 0.3) is 11.3 Å². The molecule has 0 spiro atoms. The summed E-state index contributed by atoms with van der Waals surface area (Å²) in [4.78, 5) is 10.4. The second-order valence-electron chi connectivity index (χ2n) is 7.78. The molecule has 0 unspecified atom stereocenters. The lowest BCUT2D eigenvalue weighted by Gasteiger charge is -2.17. The molecule has 1 fully saturated rings. The van der Waals surface area contributed by atoms with E-state index < -0.39 is 32.4 Å². The molecule has 6 bridgehead atoms. The van der Waals surface area contributed by atoms with Crippen molar-refractivity contribution >= 4 is 11.6 Å². The maximum Gasteiger partial charge on any atom is 0.227 e. The maximum atomic E-state index is 8.69. The highest BCUT2D eigenvalue weighted by atomic mass is 16.5. The number of anilines is 2. The van der Waals surface area contributed by atoms with Crippen LogP contribution in [0.15, 0.2) is 66.9 Å². The number of hydrogen-bond acceptors (Lipinski definition) is 7. The van der Waals surface area contributed by atoms with Crippen LogP contribution in [0.2, 0.25) is 0 Å². The number of aromatic nitrogens is 2. The van der Waals surface area contributed by atoms with Crippen molar-refractivity contribution in [1.82, 2.24) is 14.9 Å². The van der Waals surface area contributed by atoms with E-state index in [4.69, 9.17) is 27.9 Å². The summed E-state index contributed by atoms with van der Waals surface area (Å²) >= 11 is 0. The Morgan fingerprint density at radius 1 is 1.03 bits per heavy atom.